The van der Waals surface area contributed by atoms with Gasteiger partial charge >= 0.3 is 0 Å². The van der Waals surface area contributed by atoms with Crippen LogP contribution in [0.25, 0.3) is 0 Å². The van der Waals surface area contributed by atoms with Gasteiger partial charge in [0.05, 0.1) is 0 Å². The second-order valence-electron chi connectivity index (χ2n) is 4.79. The van der Waals surface area contributed by atoms with Crippen LogP contribution < -0.4 is 11.5 Å². The van der Waals surface area contributed by atoms with Gasteiger partial charge in [0.1, 0.15) is 0 Å². The number of hydrogen-bond donors (Lipinski definition) is 2. The molecule has 1 aliphatic heterocycles. The molecule has 2 rings (SSSR count). The molecule has 0 aliphatic carbocycles. The van der Waals surface area contributed by atoms with Gasteiger partial charge in [0.15, 0.2) is 0 Å². The molecule has 4 heteroatoms. The van der Waals surface area contributed by atoms with E-state index in [1.165, 1.54) is 5.56 Å². The number of benzene rings is 1. The highest BCUT2D eigenvalue weighted by atomic mass is 16.1. The van der Waals surface area contributed by atoms with Crippen molar-refractivity contribution in [2.45, 2.75) is 25.9 Å². The lowest BCUT2D eigenvalue weighted by Crippen LogP contribution is -2.26. The number of rotatable bonds is 3. The lowest BCUT2D eigenvalue weighted by atomic mass is 10.0. The summed E-state index contributed by atoms with van der Waals surface area (Å²) in [5.74, 6) is -0.372. The summed E-state index contributed by atoms with van der Waals surface area (Å²) in [5.41, 5.74) is 14.1. The Morgan fingerprint density at radius 1 is 1.53 bits per heavy atom. The highest BCUT2D eigenvalue weighted by molar-refractivity contribution is 5.93. The van der Waals surface area contributed by atoms with Crippen molar-refractivity contribution in [3.8, 4) is 0 Å². The molecule has 1 heterocycles. The Morgan fingerprint density at radius 3 is 2.82 bits per heavy atom. The van der Waals surface area contributed by atoms with Crippen LogP contribution in [0.2, 0.25) is 0 Å². The van der Waals surface area contributed by atoms with Crippen molar-refractivity contribution in [1.82, 2.24) is 4.90 Å². The van der Waals surface area contributed by atoms with Gasteiger partial charge in [-0.3, -0.25) is 9.69 Å². The molecule has 1 atom stereocenters. The largest absolute Gasteiger partial charge is 0.366 e. The van der Waals surface area contributed by atoms with Crippen molar-refractivity contribution >= 4 is 5.91 Å². The summed E-state index contributed by atoms with van der Waals surface area (Å²) in [7, 11) is 0. The predicted octanol–water partition coefficient (Wildman–Crippen LogP) is 0.627. The number of aryl methyl sites for hydroxylation is 1. The van der Waals surface area contributed by atoms with Gasteiger partial charge in [-0.2, -0.15) is 0 Å². The van der Waals surface area contributed by atoms with Crippen LogP contribution in [0.15, 0.2) is 18.2 Å². The van der Waals surface area contributed by atoms with E-state index in [0.717, 1.165) is 31.6 Å². The number of amides is 1. The normalized spacial score (nSPS) is 20.7. The molecule has 4 nitrogen and oxygen atoms in total. The summed E-state index contributed by atoms with van der Waals surface area (Å²) >= 11 is 0. The third kappa shape index (κ3) is 2.84. The van der Waals surface area contributed by atoms with Gasteiger partial charge in [-0.1, -0.05) is 6.07 Å². The second-order valence-corrected chi connectivity index (χ2v) is 4.79. The number of nitrogens with zero attached hydrogens (tertiary/aromatic N) is 1. The Bertz CT molecular complexity index is 431. The summed E-state index contributed by atoms with van der Waals surface area (Å²) in [6.45, 7) is 4.92. The number of carbonyl (C=O) groups is 1. The summed E-state index contributed by atoms with van der Waals surface area (Å²) in [4.78, 5) is 13.4. The molecule has 1 aromatic carbocycles. The Labute approximate surface area is 102 Å². The molecular weight excluding hydrogens is 214 g/mol. The van der Waals surface area contributed by atoms with Crippen molar-refractivity contribution in [3.63, 3.8) is 0 Å². The van der Waals surface area contributed by atoms with Gasteiger partial charge in [0.2, 0.25) is 5.91 Å². The van der Waals surface area contributed by atoms with Crippen LogP contribution in [0.4, 0.5) is 0 Å². The van der Waals surface area contributed by atoms with E-state index in [-0.39, 0.29) is 5.91 Å². The van der Waals surface area contributed by atoms with Gasteiger partial charge in [0.25, 0.3) is 0 Å². The maximum Gasteiger partial charge on any atom is 0.248 e. The van der Waals surface area contributed by atoms with Gasteiger partial charge in [-0.05, 0) is 36.6 Å². The zero-order valence-electron chi connectivity index (χ0n) is 10.1. The first-order valence-electron chi connectivity index (χ1n) is 5.93. The van der Waals surface area contributed by atoms with E-state index < -0.39 is 0 Å². The molecule has 1 saturated heterocycles. The first-order valence-corrected chi connectivity index (χ1v) is 5.93. The zero-order chi connectivity index (χ0) is 12.4. The molecule has 1 aromatic rings. The highest BCUT2D eigenvalue weighted by Gasteiger charge is 2.19. The molecule has 0 saturated carbocycles. The van der Waals surface area contributed by atoms with E-state index in [1.807, 2.05) is 19.1 Å². The fourth-order valence-corrected chi connectivity index (χ4v) is 2.27. The van der Waals surface area contributed by atoms with Crippen molar-refractivity contribution < 1.29 is 4.79 Å². The number of primary amides is 1. The molecule has 92 valence electrons. The van der Waals surface area contributed by atoms with E-state index in [9.17, 15) is 4.79 Å². The maximum absolute atomic E-state index is 11.0. The quantitative estimate of drug-likeness (QED) is 0.804. The Morgan fingerprint density at radius 2 is 2.29 bits per heavy atom. The second kappa shape index (κ2) is 4.85. The van der Waals surface area contributed by atoms with E-state index in [0.29, 0.717) is 11.6 Å². The smallest absolute Gasteiger partial charge is 0.248 e. The molecule has 0 spiro atoms. The van der Waals surface area contributed by atoms with E-state index in [4.69, 9.17) is 11.5 Å². The molecule has 1 aliphatic rings. The topological polar surface area (TPSA) is 72.4 Å². The lowest BCUT2D eigenvalue weighted by molar-refractivity contribution is 0.1000. The van der Waals surface area contributed by atoms with Crippen LogP contribution in [-0.4, -0.2) is 29.9 Å². The average Bonchev–Trinajstić information content (AvgIpc) is 2.67. The van der Waals surface area contributed by atoms with Gasteiger partial charge < -0.3 is 11.5 Å². The third-order valence-electron chi connectivity index (χ3n) is 3.33. The molecule has 1 amide bonds. The predicted molar refractivity (Wildman–Crippen MR) is 67.6 cm³/mol. The third-order valence-corrected chi connectivity index (χ3v) is 3.33. The van der Waals surface area contributed by atoms with E-state index in [1.54, 1.807) is 6.07 Å². The van der Waals surface area contributed by atoms with E-state index in [2.05, 4.69) is 4.90 Å². The van der Waals surface area contributed by atoms with Crippen molar-refractivity contribution in [2.24, 2.45) is 11.5 Å². The molecule has 17 heavy (non-hydrogen) atoms. The number of carbonyl (C=O) groups excluding carboxylic acids is 1. The highest BCUT2D eigenvalue weighted by Crippen LogP contribution is 2.16. The Balaban J connectivity index is 2.09. The average molecular weight is 233 g/mol. The van der Waals surface area contributed by atoms with Gasteiger partial charge in [-0.15, -0.1) is 0 Å². The molecule has 4 N–H and O–H groups in total. The zero-order valence-corrected chi connectivity index (χ0v) is 10.1. The number of hydrogen-bond acceptors (Lipinski definition) is 3. The SMILES string of the molecule is Cc1cc(C(N)=O)ccc1CN1CC[C@@H](N)C1. The maximum atomic E-state index is 11.0. The molecule has 0 bridgehead atoms. The minimum absolute atomic E-state index is 0.306. The van der Waals surface area contributed by atoms with Crippen molar-refractivity contribution in [3.05, 3.63) is 34.9 Å². The summed E-state index contributed by atoms with van der Waals surface area (Å²) in [6, 6.07) is 5.94. The minimum atomic E-state index is -0.372. The Kier molecular flexibility index (Phi) is 3.45. The molecule has 0 aromatic heterocycles. The van der Waals surface area contributed by atoms with Crippen molar-refractivity contribution in [1.29, 1.82) is 0 Å². The molecule has 1 fully saturated rings. The standard InChI is InChI=1S/C13H19N3O/c1-9-6-10(13(15)17)2-3-11(9)7-16-5-4-12(14)8-16/h2-3,6,12H,4-5,7-8,14H2,1H3,(H2,15,17)/t12-/m1/s1. The number of nitrogens with two attached hydrogens (primary N) is 2. The van der Waals surface area contributed by atoms with Crippen LogP contribution in [0.3, 0.4) is 0 Å². The Hall–Kier alpha value is -1.39. The van der Waals surface area contributed by atoms with Crippen LogP contribution in [0, 0.1) is 6.92 Å². The fourth-order valence-electron chi connectivity index (χ4n) is 2.27. The summed E-state index contributed by atoms with van der Waals surface area (Å²) in [5, 5.41) is 0. The first-order chi connectivity index (χ1) is 8.06. The summed E-state index contributed by atoms with van der Waals surface area (Å²) in [6.07, 6.45) is 1.07. The van der Waals surface area contributed by atoms with Gasteiger partial charge in [-0.25, -0.2) is 0 Å². The van der Waals surface area contributed by atoms with Crippen LogP contribution in [0.5, 0.6) is 0 Å². The molecule has 0 unspecified atom stereocenters. The molecule has 0 radical (unpaired) electrons. The minimum Gasteiger partial charge on any atom is -0.366 e. The summed E-state index contributed by atoms with van der Waals surface area (Å²) < 4.78 is 0. The van der Waals surface area contributed by atoms with Gasteiger partial charge in [0, 0.05) is 31.2 Å². The van der Waals surface area contributed by atoms with Crippen LogP contribution in [0.1, 0.15) is 27.9 Å². The monoisotopic (exact) mass is 233 g/mol. The fraction of sp³-hybridized carbons (Fsp3) is 0.462. The van der Waals surface area contributed by atoms with Crippen LogP contribution in [-0.2, 0) is 6.54 Å². The number of likely N-dealkylation sites (tertiary alicyclic amines) is 1. The van der Waals surface area contributed by atoms with Crippen molar-refractivity contribution in [2.75, 3.05) is 13.1 Å². The van der Waals surface area contributed by atoms with Crippen LogP contribution >= 0.6 is 0 Å². The lowest BCUT2D eigenvalue weighted by Gasteiger charge is -2.17. The molecular formula is C13H19N3O. The van der Waals surface area contributed by atoms with E-state index >= 15 is 0 Å². The first kappa shape index (κ1) is 12.1.